The van der Waals surface area contributed by atoms with Gasteiger partial charge in [-0.2, -0.15) is 0 Å². The Hall–Kier alpha value is -1.46. The molecule has 0 spiro atoms. The highest BCUT2D eigenvalue weighted by Crippen LogP contribution is 2.17. The third kappa shape index (κ3) is 3.30. The number of halogens is 1. The van der Waals surface area contributed by atoms with Crippen LogP contribution in [0.3, 0.4) is 0 Å². The molecule has 0 aliphatic carbocycles. The van der Waals surface area contributed by atoms with Crippen LogP contribution in [0.4, 0.5) is 5.69 Å². The maximum atomic E-state index is 11.2. The number of benzene rings is 1. The fourth-order valence-corrected chi connectivity index (χ4v) is 1.34. The molecule has 0 saturated carbocycles. The second kappa shape index (κ2) is 5.43. The topological polar surface area (TPSA) is 72.2 Å². The monoisotopic (exact) mass is 228 g/mol. The van der Waals surface area contributed by atoms with E-state index in [1.165, 1.54) is 6.07 Å². The molecule has 1 aromatic carbocycles. The fourth-order valence-electron chi connectivity index (χ4n) is 1.19. The molecule has 1 N–H and O–H groups in total. The van der Waals surface area contributed by atoms with Gasteiger partial charge in [-0.1, -0.05) is 18.2 Å². The number of para-hydroxylation sites is 1. The highest BCUT2D eigenvalue weighted by Gasteiger charge is 2.14. The summed E-state index contributed by atoms with van der Waals surface area (Å²) >= 11 is 5.16. The normalized spacial score (nSPS) is 9.93. The van der Waals surface area contributed by atoms with E-state index in [2.05, 4.69) is 4.84 Å². The number of carbonyl (C=O) groups excluding carboxylic acids is 1. The van der Waals surface area contributed by atoms with Gasteiger partial charge in [0.15, 0.2) is 5.78 Å². The molecule has 0 radical (unpaired) electrons. The Balaban J connectivity index is 2.84. The standard InChI is InChI=1S/C9H9ClN2O3/c10-11-6-8(13)5-7-3-1-2-4-9(7)12(14)15/h1-4,11H,5-6H2. The van der Waals surface area contributed by atoms with Gasteiger partial charge in [0.25, 0.3) is 5.69 Å². The molecule has 1 aromatic rings. The zero-order valence-corrected chi connectivity index (χ0v) is 8.53. The smallest absolute Gasteiger partial charge is 0.273 e. The molecule has 0 amide bonds. The molecule has 0 aromatic heterocycles. The maximum Gasteiger partial charge on any atom is 0.273 e. The fraction of sp³-hybridized carbons (Fsp3) is 0.222. The zero-order valence-electron chi connectivity index (χ0n) is 7.77. The SMILES string of the molecule is O=C(CNCl)Cc1ccccc1[N+](=O)[O-]. The van der Waals surface area contributed by atoms with Crippen LogP contribution in [-0.2, 0) is 11.2 Å². The molecule has 0 atom stereocenters. The van der Waals surface area contributed by atoms with Crippen LogP contribution in [0.2, 0.25) is 0 Å². The molecular weight excluding hydrogens is 220 g/mol. The van der Waals surface area contributed by atoms with Crippen LogP contribution in [0.5, 0.6) is 0 Å². The first-order valence-corrected chi connectivity index (χ1v) is 4.60. The lowest BCUT2D eigenvalue weighted by Gasteiger charge is -2.01. The van der Waals surface area contributed by atoms with Crippen molar-refractivity contribution in [1.29, 1.82) is 0 Å². The Labute approximate surface area is 91.3 Å². The number of ketones is 1. The number of carbonyl (C=O) groups is 1. The maximum absolute atomic E-state index is 11.2. The number of Topliss-reactive ketones (excluding diaryl/α,β-unsaturated/α-hetero) is 1. The minimum absolute atomic E-state index is 0.00635. The van der Waals surface area contributed by atoms with Crippen molar-refractivity contribution in [3.63, 3.8) is 0 Å². The first-order valence-electron chi connectivity index (χ1n) is 4.22. The lowest BCUT2D eigenvalue weighted by molar-refractivity contribution is -0.385. The summed E-state index contributed by atoms with van der Waals surface area (Å²) in [7, 11) is 0. The molecule has 0 saturated heterocycles. The predicted molar refractivity (Wildman–Crippen MR) is 55.7 cm³/mol. The second-order valence-corrected chi connectivity index (χ2v) is 3.18. The van der Waals surface area contributed by atoms with Crippen molar-refractivity contribution >= 4 is 23.2 Å². The van der Waals surface area contributed by atoms with E-state index in [0.29, 0.717) is 5.56 Å². The van der Waals surface area contributed by atoms with E-state index in [-0.39, 0.29) is 24.4 Å². The highest BCUT2D eigenvalue weighted by molar-refractivity contribution is 6.14. The van der Waals surface area contributed by atoms with Gasteiger partial charge in [-0.3, -0.25) is 14.9 Å². The van der Waals surface area contributed by atoms with Crippen LogP contribution >= 0.6 is 11.8 Å². The molecule has 0 bridgehead atoms. The van der Waals surface area contributed by atoms with E-state index in [1.54, 1.807) is 18.2 Å². The Kier molecular flexibility index (Phi) is 4.20. The minimum Gasteiger partial charge on any atom is -0.298 e. The first-order chi connectivity index (χ1) is 7.15. The molecule has 0 fully saturated rings. The molecule has 1 rings (SSSR count). The average Bonchev–Trinajstić information content (AvgIpc) is 2.18. The summed E-state index contributed by atoms with van der Waals surface area (Å²) in [6, 6.07) is 6.15. The molecular formula is C9H9ClN2O3. The van der Waals surface area contributed by atoms with Gasteiger partial charge in [0, 0.05) is 18.1 Å². The minimum atomic E-state index is -0.503. The quantitative estimate of drug-likeness (QED) is 0.470. The van der Waals surface area contributed by atoms with Crippen molar-refractivity contribution in [2.45, 2.75) is 6.42 Å². The van der Waals surface area contributed by atoms with Crippen LogP contribution in [0.25, 0.3) is 0 Å². The van der Waals surface area contributed by atoms with Crippen molar-refractivity contribution in [2.24, 2.45) is 0 Å². The number of nitro benzene ring substituents is 1. The van der Waals surface area contributed by atoms with Crippen LogP contribution in [0.15, 0.2) is 24.3 Å². The van der Waals surface area contributed by atoms with Gasteiger partial charge in [-0.15, -0.1) is 0 Å². The van der Waals surface area contributed by atoms with Crippen molar-refractivity contribution in [1.82, 2.24) is 4.84 Å². The van der Waals surface area contributed by atoms with Crippen molar-refractivity contribution in [3.8, 4) is 0 Å². The van der Waals surface area contributed by atoms with E-state index in [1.807, 2.05) is 0 Å². The molecule has 6 heteroatoms. The third-order valence-corrected chi connectivity index (χ3v) is 1.97. The Bertz CT molecular complexity index is 381. The van der Waals surface area contributed by atoms with Gasteiger partial charge in [0.1, 0.15) is 0 Å². The van der Waals surface area contributed by atoms with Gasteiger partial charge >= 0.3 is 0 Å². The van der Waals surface area contributed by atoms with Gasteiger partial charge in [0.05, 0.1) is 11.5 Å². The predicted octanol–water partition coefficient (Wildman–Crippen LogP) is 1.45. The summed E-state index contributed by atoms with van der Waals surface area (Å²) in [6.45, 7) is -0.00635. The van der Waals surface area contributed by atoms with E-state index in [0.717, 1.165) is 0 Å². The number of nitrogens with zero attached hydrogens (tertiary/aromatic N) is 1. The van der Waals surface area contributed by atoms with E-state index < -0.39 is 4.92 Å². The second-order valence-electron chi connectivity index (χ2n) is 2.91. The van der Waals surface area contributed by atoms with E-state index in [9.17, 15) is 14.9 Å². The Morgan fingerprint density at radius 3 is 2.73 bits per heavy atom. The largest absolute Gasteiger partial charge is 0.298 e. The summed E-state index contributed by atoms with van der Waals surface area (Å²) in [4.78, 5) is 23.5. The lowest BCUT2D eigenvalue weighted by Crippen LogP contribution is -2.17. The molecule has 15 heavy (non-hydrogen) atoms. The lowest BCUT2D eigenvalue weighted by atomic mass is 10.1. The molecule has 80 valence electrons. The molecule has 5 nitrogen and oxygen atoms in total. The van der Waals surface area contributed by atoms with Crippen LogP contribution < -0.4 is 4.84 Å². The summed E-state index contributed by atoms with van der Waals surface area (Å²) in [5.74, 6) is -0.195. The number of nitro groups is 1. The third-order valence-electron chi connectivity index (χ3n) is 1.84. The number of hydrogen-bond donors (Lipinski definition) is 1. The van der Waals surface area contributed by atoms with Gasteiger partial charge in [-0.25, -0.2) is 4.84 Å². The van der Waals surface area contributed by atoms with E-state index in [4.69, 9.17) is 11.8 Å². The molecule has 0 heterocycles. The van der Waals surface area contributed by atoms with Gasteiger partial charge in [-0.05, 0) is 11.8 Å². The average molecular weight is 229 g/mol. The summed E-state index contributed by atoms with van der Waals surface area (Å²) in [5.41, 5.74) is 0.361. The van der Waals surface area contributed by atoms with Crippen LogP contribution in [-0.4, -0.2) is 17.3 Å². The molecule has 0 aliphatic heterocycles. The summed E-state index contributed by atoms with van der Waals surface area (Å²) in [6.07, 6.45) is 0.0108. The van der Waals surface area contributed by atoms with E-state index >= 15 is 0 Å². The Morgan fingerprint density at radius 1 is 1.47 bits per heavy atom. The van der Waals surface area contributed by atoms with Gasteiger partial charge < -0.3 is 0 Å². The molecule has 0 unspecified atom stereocenters. The van der Waals surface area contributed by atoms with Crippen LogP contribution in [0, 0.1) is 10.1 Å². The first kappa shape index (κ1) is 11.6. The number of rotatable bonds is 5. The Morgan fingerprint density at radius 2 is 2.13 bits per heavy atom. The molecule has 0 aliphatic rings. The summed E-state index contributed by atoms with van der Waals surface area (Å²) < 4.78 is 0. The zero-order chi connectivity index (χ0) is 11.3. The number of hydrogen-bond acceptors (Lipinski definition) is 4. The van der Waals surface area contributed by atoms with Crippen molar-refractivity contribution in [2.75, 3.05) is 6.54 Å². The summed E-state index contributed by atoms with van der Waals surface area (Å²) in [5, 5.41) is 10.6. The van der Waals surface area contributed by atoms with Crippen LogP contribution in [0.1, 0.15) is 5.56 Å². The number of nitrogens with one attached hydrogen (secondary N) is 1. The highest BCUT2D eigenvalue weighted by atomic mass is 35.5. The van der Waals surface area contributed by atoms with Gasteiger partial charge in [0.2, 0.25) is 0 Å². The van der Waals surface area contributed by atoms with Crippen molar-refractivity contribution in [3.05, 3.63) is 39.9 Å². The van der Waals surface area contributed by atoms with Crippen molar-refractivity contribution < 1.29 is 9.72 Å².